The average Bonchev–Trinajstić information content (AvgIpc) is 2.26. The van der Waals surface area contributed by atoms with E-state index in [0.29, 0.717) is 12.5 Å². The van der Waals surface area contributed by atoms with Crippen molar-refractivity contribution in [1.29, 1.82) is 0 Å². The van der Waals surface area contributed by atoms with Crippen molar-refractivity contribution in [3.05, 3.63) is 35.6 Å². The van der Waals surface area contributed by atoms with Gasteiger partial charge in [0.1, 0.15) is 10.6 Å². The van der Waals surface area contributed by atoms with Gasteiger partial charge in [-0.2, -0.15) is 0 Å². The molecule has 1 atom stereocenters. The molecule has 0 heterocycles. The summed E-state index contributed by atoms with van der Waals surface area (Å²) in [6.45, 7) is 2.33. The third-order valence-electron chi connectivity index (χ3n) is 1.80. The van der Waals surface area contributed by atoms with Gasteiger partial charge in [0, 0.05) is 0 Å². The second-order valence-electron chi connectivity index (χ2n) is 2.81. The Balaban J connectivity index is 2.83. The normalized spacial score (nSPS) is 13.7. The third-order valence-corrected chi connectivity index (χ3v) is 2.72. The van der Waals surface area contributed by atoms with Crippen LogP contribution in [-0.2, 0) is 4.74 Å². The van der Waals surface area contributed by atoms with Gasteiger partial charge in [-0.3, -0.25) is 0 Å². The molecule has 0 aliphatic rings. The standard InChI is InChI=1S/C10H12BrFN2O/c1-2-15-10(14-13)9(11)7-3-5-8(12)6-4-7/h3-6,9H,2,13H2,1H3. The fourth-order valence-electron chi connectivity index (χ4n) is 1.10. The Hall–Kier alpha value is -1.10. The number of rotatable bonds is 3. The highest BCUT2D eigenvalue weighted by Crippen LogP contribution is 2.24. The maximum Gasteiger partial charge on any atom is 0.223 e. The van der Waals surface area contributed by atoms with Crippen molar-refractivity contribution in [2.24, 2.45) is 10.9 Å². The van der Waals surface area contributed by atoms with Crippen LogP contribution >= 0.6 is 15.9 Å². The molecular formula is C10H12BrFN2O. The number of hydrogen-bond acceptors (Lipinski definition) is 3. The van der Waals surface area contributed by atoms with E-state index in [0.717, 1.165) is 5.56 Å². The van der Waals surface area contributed by atoms with Gasteiger partial charge in [0.25, 0.3) is 0 Å². The number of nitrogens with zero attached hydrogens (tertiary/aromatic N) is 1. The lowest BCUT2D eigenvalue weighted by molar-refractivity contribution is 0.318. The summed E-state index contributed by atoms with van der Waals surface area (Å²) in [5.74, 6) is 5.29. The number of benzene rings is 1. The zero-order valence-electron chi connectivity index (χ0n) is 8.28. The van der Waals surface area contributed by atoms with Crippen LogP contribution in [0.3, 0.4) is 0 Å². The number of hydrogen-bond donors (Lipinski definition) is 1. The molecule has 0 fully saturated rings. The van der Waals surface area contributed by atoms with E-state index >= 15 is 0 Å². The second-order valence-corrected chi connectivity index (χ2v) is 3.73. The summed E-state index contributed by atoms with van der Waals surface area (Å²) < 4.78 is 17.9. The molecule has 3 nitrogen and oxygen atoms in total. The van der Waals surface area contributed by atoms with Gasteiger partial charge in [-0.1, -0.05) is 28.1 Å². The minimum Gasteiger partial charge on any atom is -0.479 e. The summed E-state index contributed by atoms with van der Waals surface area (Å²) in [6, 6.07) is 6.06. The molecule has 0 radical (unpaired) electrons. The zero-order valence-corrected chi connectivity index (χ0v) is 9.87. The molecule has 0 saturated heterocycles. The van der Waals surface area contributed by atoms with Gasteiger partial charge in [-0.25, -0.2) is 4.39 Å². The van der Waals surface area contributed by atoms with Crippen LogP contribution in [0.25, 0.3) is 0 Å². The van der Waals surface area contributed by atoms with Crippen molar-refractivity contribution in [3.63, 3.8) is 0 Å². The van der Waals surface area contributed by atoms with Crippen LogP contribution in [-0.4, -0.2) is 12.5 Å². The molecule has 1 rings (SSSR count). The molecule has 1 aromatic carbocycles. The van der Waals surface area contributed by atoms with Gasteiger partial charge < -0.3 is 10.6 Å². The molecule has 0 aromatic heterocycles. The fraction of sp³-hybridized carbons (Fsp3) is 0.300. The van der Waals surface area contributed by atoms with Crippen molar-refractivity contribution >= 4 is 21.8 Å². The Bertz CT molecular complexity index is 340. The largest absolute Gasteiger partial charge is 0.479 e. The van der Waals surface area contributed by atoms with E-state index in [1.165, 1.54) is 12.1 Å². The molecule has 0 bridgehead atoms. The first-order valence-electron chi connectivity index (χ1n) is 4.49. The van der Waals surface area contributed by atoms with Gasteiger partial charge in [0.2, 0.25) is 5.90 Å². The molecular weight excluding hydrogens is 263 g/mol. The highest BCUT2D eigenvalue weighted by atomic mass is 79.9. The summed E-state index contributed by atoms with van der Waals surface area (Å²) in [6.07, 6.45) is 0. The first kappa shape index (κ1) is 12.0. The quantitative estimate of drug-likeness (QED) is 0.303. The number of halogens is 2. The topological polar surface area (TPSA) is 47.6 Å². The van der Waals surface area contributed by atoms with Gasteiger partial charge in [0.05, 0.1) is 6.61 Å². The molecule has 82 valence electrons. The lowest BCUT2D eigenvalue weighted by atomic mass is 10.1. The first-order valence-corrected chi connectivity index (χ1v) is 5.40. The Morgan fingerprint density at radius 2 is 2.13 bits per heavy atom. The zero-order chi connectivity index (χ0) is 11.3. The Labute approximate surface area is 96.2 Å². The molecule has 0 aliphatic carbocycles. The Morgan fingerprint density at radius 3 is 2.60 bits per heavy atom. The first-order chi connectivity index (χ1) is 7.19. The molecule has 1 aromatic rings. The summed E-state index contributed by atoms with van der Waals surface area (Å²) in [4.78, 5) is -0.247. The highest BCUT2D eigenvalue weighted by Gasteiger charge is 2.15. The van der Waals surface area contributed by atoms with E-state index in [4.69, 9.17) is 10.6 Å². The number of ether oxygens (including phenoxy) is 1. The third kappa shape index (κ3) is 3.20. The molecule has 1 unspecified atom stereocenters. The van der Waals surface area contributed by atoms with Crippen LogP contribution in [0.1, 0.15) is 17.3 Å². The van der Waals surface area contributed by atoms with Crippen LogP contribution in [0.5, 0.6) is 0 Å². The Morgan fingerprint density at radius 1 is 1.53 bits per heavy atom. The molecule has 2 N–H and O–H groups in total. The van der Waals surface area contributed by atoms with Crippen LogP contribution in [0.15, 0.2) is 29.4 Å². The number of alkyl halides is 1. The SMILES string of the molecule is CCOC(=NN)C(Br)c1ccc(F)cc1. The van der Waals surface area contributed by atoms with Gasteiger partial charge in [-0.05, 0) is 24.6 Å². The van der Waals surface area contributed by atoms with Gasteiger partial charge in [0.15, 0.2) is 0 Å². The lowest BCUT2D eigenvalue weighted by Gasteiger charge is -2.12. The van der Waals surface area contributed by atoms with Crippen molar-refractivity contribution in [2.75, 3.05) is 6.61 Å². The highest BCUT2D eigenvalue weighted by molar-refractivity contribution is 9.09. The maximum absolute atomic E-state index is 12.7. The van der Waals surface area contributed by atoms with E-state index in [9.17, 15) is 4.39 Å². The second kappa shape index (κ2) is 5.70. The molecule has 5 heteroatoms. The minimum absolute atomic E-state index is 0.247. The van der Waals surface area contributed by atoms with Gasteiger partial charge in [-0.15, -0.1) is 5.10 Å². The predicted molar refractivity (Wildman–Crippen MR) is 61.3 cm³/mol. The van der Waals surface area contributed by atoms with Crippen LogP contribution < -0.4 is 5.84 Å². The molecule has 15 heavy (non-hydrogen) atoms. The summed E-state index contributed by atoms with van der Waals surface area (Å²) >= 11 is 3.38. The van der Waals surface area contributed by atoms with Crippen molar-refractivity contribution in [2.45, 2.75) is 11.8 Å². The van der Waals surface area contributed by atoms with E-state index in [-0.39, 0.29) is 10.6 Å². The van der Waals surface area contributed by atoms with E-state index < -0.39 is 0 Å². The number of nitrogens with two attached hydrogens (primary N) is 1. The molecule has 0 spiro atoms. The van der Waals surface area contributed by atoms with E-state index in [2.05, 4.69) is 21.0 Å². The smallest absolute Gasteiger partial charge is 0.223 e. The minimum atomic E-state index is -0.277. The lowest BCUT2D eigenvalue weighted by Crippen LogP contribution is -2.13. The van der Waals surface area contributed by atoms with Crippen molar-refractivity contribution in [1.82, 2.24) is 0 Å². The van der Waals surface area contributed by atoms with Crippen LogP contribution in [0, 0.1) is 5.82 Å². The van der Waals surface area contributed by atoms with Crippen molar-refractivity contribution in [3.8, 4) is 0 Å². The predicted octanol–water partition coefficient (Wildman–Crippen LogP) is 2.57. The summed E-state index contributed by atoms with van der Waals surface area (Å²) in [5, 5.41) is 3.53. The fourth-order valence-corrected chi connectivity index (χ4v) is 1.65. The van der Waals surface area contributed by atoms with Crippen LogP contribution in [0.4, 0.5) is 4.39 Å². The maximum atomic E-state index is 12.7. The van der Waals surface area contributed by atoms with Gasteiger partial charge >= 0.3 is 0 Å². The monoisotopic (exact) mass is 274 g/mol. The Kier molecular flexibility index (Phi) is 4.55. The average molecular weight is 275 g/mol. The number of hydrazone groups is 1. The molecule has 0 saturated carbocycles. The van der Waals surface area contributed by atoms with Crippen molar-refractivity contribution < 1.29 is 9.13 Å². The summed E-state index contributed by atoms with van der Waals surface area (Å²) in [5.41, 5.74) is 0.842. The molecule has 0 amide bonds. The summed E-state index contributed by atoms with van der Waals surface area (Å²) in [7, 11) is 0. The van der Waals surface area contributed by atoms with Crippen LogP contribution in [0.2, 0.25) is 0 Å². The van der Waals surface area contributed by atoms with E-state index in [1.807, 2.05) is 6.92 Å². The van der Waals surface area contributed by atoms with E-state index in [1.54, 1.807) is 12.1 Å². The molecule has 0 aliphatic heterocycles.